The van der Waals surface area contributed by atoms with Crippen LogP contribution in [-0.2, 0) is 52.3 Å². The molecule has 4 aliphatic carbocycles. The lowest BCUT2D eigenvalue weighted by Crippen LogP contribution is -2.82. The molecule has 0 bridgehead atoms. The first-order chi connectivity index (χ1) is 31.8. The normalized spacial score (nSPS) is 36.7. The zero-order chi connectivity index (χ0) is 48.8. The number of allylic oxidation sites excluding steroid dienone is 2. The number of rotatable bonds is 22. The minimum absolute atomic E-state index is 0.102. The van der Waals surface area contributed by atoms with Crippen molar-refractivity contribution in [3.05, 3.63) is 11.3 Å². The summed E-state index contributed by atoms with van der Waals surface area (Å²) in [5.41, 5.74) is -7.78. The molecule has 0 aromatic rings. The lowest BCUT2D eigenvalue weighted by Gasteiger charge is -2.73. The van der Waals surface area contributed by atoms with E-state index in [-0.39, 0.29) is 50.9 Å². The van der Waals surface area contributed by atoms with Crippen LogP contribution in [0.25, 0.3) is 0 Å². The molecule has 2 saturated heterocycles. The molecule has 380 valence electrons. The standard InChI is InChI=1S/C52H82O15/c1-8-10-11-12-13-14-15-16-17-18-19-20-22-25-39-62-31-34(64-39)32-63-47(58)67-40-33(3)35-28-37-52(9-2)42(41(45(56)65-37)66-38(54)30-51(60)26-23-21-24-27-51)49(5,46(57)61-7)50(6,59)44(55)43(52)48(35,4)29-36(40)53/h34-35,37,39,41-44,55,59-60H,8-32H2,1-7H3/t34?,35-,37+,39?,41?,42-,43?,44+,48-,49-,50+,52-/m0/s1. The van der Waals surface area contributed by atoms with Gasteiger partial charge < -0.3 is 48.5 Å². The lowest BCUT2D eigenvalue weighted by atomic mass is 9.33. The number of methoxy groups -OCH3 is 1. The second-order valence-corrected chi connectivity index (χ2v) is 21.6. The van der Waals surface area contributed by atoms with E-state index in [9.17, 15) is 39.3 Å². The van der Waals surface area contributed by atoms with Crippen molar-refractivity contribution in [3.63, 3.8) is 0 Å². The number of Topliss-reactive ketones (excluding diaryl/α,β-unsaturated/α-hetero) is 1. The maximum Gasteiger partial charge on any atom is 0.514 e. The first-order valence-corrected chi connectivity index (χ1v) is 25.8. The van der Waals surface area contributed by atoms with Crippen LogP contribution in [0, 0.1) is 34.0 Å². The largest absolute Gasteiger partial charge is 0.514 e. The third-order valence-corrected chi connectivity index (χ3v) is 17.4. The molecule has 15 heteroatoms. The molecule has 3 N–H and O–H groups in total. The number of carbonyl (C=O) groups is 5. The molecule has 2 heterocycles. The Morgan fingerprint density at radius 1 is 0.836 bits per heavy atom. The smallest absolute Gasteiger partial charge is 0.469 e. The molecule has 0 amide bonds. The number of aliphatic hydroxyl groups is 3. The summed E-state index contributed by atoms with van der Waals surface area (Å²) in [4.78, 5) is 69.7. The highest BCUT2D eigenvalue weighted by Gasteiger charge is 2.82. The predicted molar refractivity (Wildman–Crippen MR) is 245 cm³/mol. The fourth-order valence-corrected chi connectivity index (χ4v) is 13.7. The van der Waals surface area contributed by atoms with E-state index in [4.69, 9.17) is 33.2 Å². The van der Waals surface area contributed by atoms with Crippen molar-refractivity contribution in [2.24, 2.45) is 34.0 Å². The number of unbranched alkanes of at least 4 members (excludes halogenated alkanes) is 12. The maximum atomic E-state index is 14.3. The van der Waals surface area contributed by atoms with Crippen molar-refractivity contribution in [2.75, 3.05) is 20.3 Å². The number of ketones is 1. The Bertz CT molecular complexity index is 1790. The van der Waals surface area contributed by atoms with Crippen LogP contribution in [0.2, 0.25) is 0 Å². The van der Waals surface area contributed by atoms with Crippen LogP contribution in [0.15, 0.2) is 11.3 Å². The van der Waals surface area contributed by atoms with Gasteiger partial charge in [0.2, 0.25) is 6.10 Å². The van der Waals surface area contributed by atoms with Crippen LogP contribution in [-0.4, -0.2) is 107 Å². The number of carbonyl (C=O) groups excluding carboxylic acids is 5. The number of fused-ring (bicyclic) bond motifs is 2. The minimum Gasteiger partial charge on any atom is -0.469 e. The van der Waals surface area contributed by atoms with Gasteiger partial charge in [0.05, 0.1) is 31.8 Å². The van der Waals surface area contributed by atoms with E-state index in [0.29, 0.717) is 18.4 Å². The van der Waals surface area contributed by atoms with Gasteiger partial charge in [-0.25, -0.2) is 9.59 Å². The van der Waals surface area contributed by atoms with Crippen molar-refractivity contribution < 1.29 is 72.5 Å². The van der Waals surface area contributed by atoms with Crippen LogP contribution >= 0.6 is 0 Å². The fourth-order valence-electron chi connectivity index (χ4n) is 13.7. The van der Waals surface area contributed by atoms with Crippen LogP contribution in [0.3, 0.4) is 0 Å². The fraction of sp³-hybridized carbons (Fsp3) is 0.865. The maximum absolute atomic E-state index is 14.3. The predicted octanol–water partition coefficient (Wildman–Crippen LogP) is 8.49. The monoisotopic (exact) mass is 947 g/mol. The molecule has 12 atom stereocenters. The van der Waals surface area contributed by atoms with Gasteiger partial charge >= 0.3 is 24.1 Å². The number of hydrogen-bond donors (Lipinski definition) is 3. The SMILES string of the molecule is CCCCCCCCCCCCCCCC1OCC(COC(=O)OC2=C(C)[C@@H]3C[C@H]4OC(=O)C(OC(=O)CC5(O)CCCCC5)[C@@H]5[C@@]4(CC)C([C@@H](O)[C@@](C)(O)[C@]5(C)C(=O)OC)[C@@]3(C)CC2=O)O1. The molecule has 6 aliphatic rings. The highest BCUT2D eigenvalue weighted by atomic mass is 16.8. The summed E-state index contributed by atoms with van der Waals surface area (Å²) in [5, 5.41) is 36.4. The molecule has 5 fully saturated rings. The van der Waals surface area contributed by atoms with E-state index in [2.05, 4.69) is 6.92 Å². The Balaban J connectivity index is 1.10. The van der Waals surface area contributed by atoms with Gasteiger partial charge in [-0.15, -0.1) is 0 Å². The van der Waals surface area contributed by atoms with Gasteiger partial charge in [0.1, 0.15) is 29.8 Å². The Morgan fingerprint density at radius 2 is 1.45 bits per heavy atom. The zero-order valence-corrected chi connectivity index (χ0v) is 41.5. The summed E-state index contributed by atoms with van der Waals surface area (Å²) in [6.07, 6.45) is 13.6. The molecule has 0 aromatic heterocycles. The first kappa shape index (κ1) is 53.2. The van der Waals surface area contributed by atoms with E-state index in [0.717, 1.165) is 45.6 Å². The molecule has 0 spiro atoms. The van der Waals surface area contributed by atoms with Crippen LogP contribution in [0.1, 0.15) is 189 Å². The quantitative estimate of drug-likeness (QED) is 0.0528. The van der Waals surface area contributed by atoms with E-state index < -0.39 is 99.5 Å². The van der Waals surface area contributed by atoms with Gasteiger partial charge in [-0.05, 0) is 76.2 Å². The molecule has 6 rings (SSSR count). The van der Waals surface area contributed by atoms with Gasteiger partial charge in [-0.1, -0.05) is 117 Å². The summed E-state index contributed by atoms with van der Waals surface area (Å²) in [6, 6.07) is 0. The Hall–Kier alpha value is -3.11. The highest BCUT2D eigenvalue weighted by Crippen LogP contribution is 2.74. The van der Waals surface area contributed by atoms with Gasteiger partial charge in [-0.3, -0.25) is 14.4 Å². The summed E-state index contributed by atoms with van der Waals surface area (Å²) < 4.78 is 40.5. The number of hydrogen-bond acceptors (Lipinski definition) is 15. The van der Waals surface area contributed by atoms with Gasteiger partial charge in [0, 0.05) is 23.7 Å². The topological polar surface area (TPSA) is 211 Å². The summed E-state index contributed by atoms with van der Waals surface area (Å²) in [7, 11) is 1.14. The molecular formula is C52H82O15. The van der Waals surface area contributed by atoms with E-state index >= 15 is 0 Å². The molecule has 0 aromatic carbocycles. The molecule has 15 nitrogen and oxygen atoms in total. The van der Waals surface area contributed by atoms with Crippen molar-refractivity contribution in [2.45, 2.75) is 231 Å². The Kier molecular flexibility index (Phi) is 17.7. The average molecular weight is 947 g/mol. The minimum atomic E-state index is -2.30. The van der Waals surface area contributed by atoms with Crippen molar-refractivity contribution in [3.8, 4) is 0 Å². The lowest BCUT2D eigenvalue weighted by molar-refractivity contribution is -0.342. The number of ether oxygens (including phenoxy) is 7. The second kappa shape index (κ2) is 22.3. The van der Waals surface area contributed by atoms with E-state index in [1.165, 1.54) is 84.5 Å². The van der Waals surface area contributed by atoms with Crippen molar-refractivity contribution in [1.82, 2.24) is 0 Å². The van der Waals surface area contributed by atoms with Crippen molar-refractivity contribution in [1.29, 1.82) is 0 Å². The number of aliphatic hydroxyl groups excluding tert-OH is 1. The van der Waals surface area contributed by atoms with Crippen LogP contribution in [0.5, 0.6) is 0 Å². The first-order valence-electron chi connectivity index (χ1n) is 25.8. The van der Waals surface area contributed by atoms with Gasteiger partial charge in [-0.2, -0.15) is 0 Å². The molecular weight excluding hydrogens is 865 g/mol. The van der Waals surface area contributed by atoms with Gasteiger partial charge in [0.25, 0.3) is 0 Å². The molecule has 3 saturated carbocycles. The summed E-state index contributed by atoms with van der Waals surface area (Å²) >= 11 is 0. The second-order valence-electron chi connectivity index (χ2n) is 21.6. The van der Waals surface area contributed by atoms with Gasteiger partial charge in [0.15, 0.2) is 17.8 Å². The van der Waals surface area contributed by atoms with Crippen LogP contribution in [0.4, 0.5) is 4.79 Å². The highest BCUT2D eigenvalue weighted by molar-refractivity contribution is 5.97. The zero-order valence-electron chi connectivity index (χ0n) is 41.5. The van der Waals surface area contributed by atoms with Crippen molar-refractivity contribution >= 4 is 29.8 Å². The third-order valence-electron chi connectivity index (χ3n) is 17.4. The van der Waals surface area contributed by atoms with E-state index in [1.54, 1.807) is 6.92 Å². The third kappa shape index (κ3) is 10.7. The molecule has 2 aliphatic heterocycles. The number of esters is 3. The summed E-state index contributed by atoms with van der Waals surface area (Å²) in [6.45, 7) is 10.4. The summed E-state index contributed by atoms with van der Waals surface area (Å²) in [5.74, 6) is -6.40. The Morgan fingerprint density at radius 3 is 2.04 bits per heavy atom. The molecule has 0 radical (unpaired) electrons. The van der Waals surface area contributed by atoms with Crippen LogP contribution < -0.4 is 0 Å². The van der Waals surface area contributed by atoms with E-state index in [1.807, 2.05) is 13.8 Å². The molecule has 67 heavy (non-hydrogen) atoms. The average Bonchev–Trinajstić information content (AvgIpc) is 3.75. The Labute approximate surface area is 398 Å². The molecule has 4 unspecified atom stereocenters.